The Balaban J connectivity index is 1.73. The second-order valence-electron chi connectivity index (χ2n) is 8.23. The average Bonchev–Trinajstić information content (AvgIpc) is 3.27. The fourth-order valence-corrected chi connectivity index (χ4v) is 4.20. The van der Waals surface area contributed by atoms with Crippen molar-refractivity contribution in [2.24, 2.45) is 0 Å². The number of aromatic nitrogens is 3. The molecule has 0 fully saturated rings. The average molecular weight is 479 g/mol. The van der Waals surface area contributed by atoms with Gasteiger partial charge in [0.1, 0.15) is 11.3 Å². The van der Waals surface area contributed by atoms with Crippen LogP contribution in [0.2, 0.25) is 0 Å². The molecule has 4 aromatic rings. The van der Waals surface area contributed by atoms with E-state index in [0.29, 0.717) is 41.7 Å². The molecule has 2 heterocycles. The lowest BCUT2D eigenvalue weighted by molar-refractivity contribution is 0.0179. The van der Waals surface area contributed by atoms with E-state index in [4.69, 9.17) is 9.47 Å². The van der Waals surface area contributed by atoms with Gasteiger partial charge in [0, 0.05) is 18.5 Å². The number of carbonyl (C=O) groups is 1. The number of aliphatic hydroxyl groups is 1. The van der Waals surface area contributed by atoms with E-state index in [2.05, 4.69) is 10.1 Å². The van der Waals surface area contributed by atoms with Crippen molar-refractivity contribution in [3.8, 4) is 5.75 Å². The maximum absolute atomic E-state index is 13.4. The zero-order valence-electron chi connectivity index (χ0n) is 20.2. The van der Waals surface area contributed by atoms with Crippen molar-refractivity contribution in [3.63, 3.8) is 0 Å². The number of methoxy groups -OCH3 is 1. The number of rotatable bonds is 10. The fraction of sp³-hybridized carbons (Fsp3) is 0.346. The van der Waals surface area contributed by atoms with Crippen LogP contribution < -0.4 is 10.3 Å². The first-order valence-corrected chi connectivity index (χ1v) is 11.7. The van der Waals surface area contributed by atoms with Crippen LogP contribution in [-0.2, 0) is 17.9 Å². The summed E-state index contributed by atoms with van der Waals surface area (Å²) in [5.74, 6) is 0.242. The Kier molecular flexibility index (Phi) is 7.48. The molecule has 0 saturated heterocycles. The van der Waals surface area contributed by atoms with E-state index in [0.717, 1.165) is 10.2 Å². The summed E-state index contributed by atoms with van der Waals surface area (Å²) in [5, 5.41) is 16.1. The van der Waals surface area contributed by atoms with E-state index in [1.165, 1.54) is 0 Å². The zero-order valence-corrected chi connectivity index (χ0v) is 20.2. The Hall–Kier alpha value is -3.69. The van der Waals surface area contributed by atoms with Crippen LogP contribution in [0.1, 0.15) is 29.9 Å². The molecule has 2 aromatic heterocycles. The second kappa shape index (κ2) is 10.7. The molecule has 0 aliphatic carbocycles. The van der Waals surface area contributed by atoms with Crippen molar-refractivity contribution in [3.05, 3.63) is 70.1 Å². The highest BCUT2D eigenvalue weighted by Gasteiger charge is 2.26. The molecule has 0 radical (unpaired) electrons. The van der Waals surface area contributed by atoms with Gasteiger partial charge in [-0.15, -0.1) is 0 Å². The lowest BCUT2D eigenvalue weighted by Crippen LogP contribution is -2.36. The monoisotopic (exact) mass is 478 g/mol. The normalized spacial score (nSPS) is 12.2. The zero-order chi connectivity index (χ0) is 24.9. The lowest BCUT2D eigenvalue weighted by atomic mass is 10.1. The molecule has 1 atom stereocenters. The Labute approximate surface area is 202 Å². The van der Waals surface area contributed by atoms with Gasteiger partial charge in [-0.25, -0.2) is 4.68 Å². The van der Waals surface area contributed by atoms with Crippen molar-refractivity contribution < 1.29 is 19.4 Å². The molecule has 0 aliphatic rings. The van der Waals surface area contributed by atoms with Crippen molar-refractivity contribution in [1.82, 2.24) is 19.7 Å². The third kappa shape index (κ3) is 4.91. The van der Waals surface area contributed by atoms with E-state index >= 15 is 0 Å². The number of fused-ring (bicyclic) bond motifs is 3. The molecule has 0 bridgehead atoms. The standard InChI is InChI=1S/C26H30N4O5/c1-4-29(5-2)25(32)24-22-21-19(12-9-13-20(21)34-3)27-23(22)26(33)30(28-24)14-18(31)16-35-15-17-10-7-6-8-11-17/h6-13,18,27,31H,4-5,14-16H2,1-3H3. The summed E-state index contributed by atoms with van der Waals surface area (Å²) >= 11 is 0. The van der Waals surface area contributed by atoms with E-state index in [-0.39, 0.29) is 30.3 Å². The van der Waals surface area contributed by atoms with Crippen molar-refractivity contribution in [1.29, 1.82) is 0 Å². The van der Waals surface area contributed by atoms with E-state index in [1.54, 1.807) is 18.1 Å². The predicted molar refractivity (Wildman–Crippen MR) is 134 cm³/mol. The quantitative estimate of drug-likeness (QED) is 0.363. The Morgan fingerprint density at radius 1 is 1.11 bits per heavy atom. The molecule has 0 aliphatic heterocycles. The topological polar surface area (TPSA) is 110 Å². The van der Waals surface area contributed by atoms with E-state index in [9.17, 15) is 14.7 Å². The van der Waals surface area contributed by atoms with Crippen LogP contribution in [0.15, 0.2) is 53.3 Å². The van der Waals surface area contributed by atoms with Gasteiger partial charge in [-0.05, 0) is 31.5 Å². The van der Waals surface area contributed by atoms with Crippen LogP contribution in [0.5, 0.6) is 5.75 Å². The Bertz CT molecular complexity index is 1380. The fourth-order valence-electron chi connectivity index (χ4n) is 4.20. The number of carbonyl (C=O) groups excluding carboxylic acids is 1. The number of aromatic amines is 1. The molecular formula is C26H30N4O5. The third-order valence-electron chi connectivity index (χ3n) is 5.97. The van der Waals surface area contributed by atoms with Gasteiger partial charge < -0.3 is 24.5 Å². The first kappa shape index (κ1) is 24.4. The number of ether oxygens (including phenoxy) is 2. The number of amides is 1. The Morgan fingerprint density at radius 2 is 1.86 bits per heavy atom. The minimum atomic E-state index is -0.989. The first-order chi connectivity index (χ1) is 17.0. The molecule has 0 spiro atoms. The summed E-state index contributed by atoms with van der Waals surface area (Å²) in [6.07, 6.45) is -0.989. The number of benzene rings is 2. The molecule has 2 aromatic carbocycles. The van der Waals surface area contributed by atoms with E-state index in [1.807, 2.05) is 56.3 Å². The summed E-state index contributed by atoms with van der Waals surface area (Å²) < 4.78 is 12.3. The van der Waals surface area contributed by atoms with Crippen LogP contribution in [0.3, 0.4) is 0 Å². The largest absolute Gasteiger partial charge is 0.496 e. The molecule has 4 rings (SSSR count). The minimum absolute atomic E-state index is 0.0148. The molecule has 9 nitrogen and oxygen atoms in total. The Morgan fingerprint density at radius 3 is 2.54 bits per heavy atom. The SMILES string of the molecule is CCN(CC)C(=O)c1nn(CC(O)COCc2ccccc2)c(=O)c2[nH]c3cccc(OC)c3c12. The van der Waals surface area contributed by atoms with Crippen LogP contribution in [0.4, 0.5) is 0 Å². The summed E-state index contributed by atoms with van der Waals surface area (Å²) in [4.78, 5) is 31.6. The molecule has 1 amide bonds. The first-order valence-electron chi connectivity index (χ1n) is 11.7. The summed E-state index contributed by atoms with van der Waals surface area (Å²) in [5.41, 5.74) is 1.59. The van der Waals surface area contributed by atoms with Gasteiger partial charge in [-0.2, -0.15) is 5.10 Å². The second-order valence-corrected chi connectivity index (χ2v) is 8.23. The molecule has 0 saturated carbocycles. The van der Waals surface area contributed by atoms with Gasteiger partial charge in [0.05, 0.1) is 43.9 Å². The summed E-state index contributed by atoms with van der Waals surface area (Å²) in [6, 6.07) is 15.0. The number of nitrogens with zero attached hydrogens (tertiary/aromatic N) is 3. The molecule has 35 heavy (non-hydrogen) atoms. The summed E-state index contributed by atoms with van der Waals surface area (Å²) in [6.45, 7) is 5.00. The maximum atomic E-state index is 13.4. The number of hydrogen-bond acceptors (Lipinski definition) is 6. The van der Waals surface area contributed by atoms with Gasteiger partial charge in [0.25, 0.3) is 11.5 Å². The number of H-pyrrole nitrogens is 1. The lowest BCUT2D eigenvalue weighted by Gasteiger charge is -2.20. The molecule has 2 N–H and O–H groups in total. The number of nitrogens with one attached hydrogen (secondary N) is 1. The van der Waals surface area contributed by atoms with Gasteiger partial charge in [0.2, 0.25) is 0 Å². The van der Waals surface area contributed by atoms with Crippen LogP contribution in [0, 0.1) is 0 Å². The van der Waals surface area contributed by atoms with Crippen LogP contribution >= 0.6 is 0 Å². The molecule has 9 heteroatoms. The summed E-state index contributed by atoms with van der Waals surface area (Å²) in [7, 11) is 1.54. The number of aliphatic hydroxyl groups excluding tert-OH is 1. The third-order valence-corrected chi connectivity index (χ3v) is 5.97. The number of hydrogen-bond donors (Lipinski definition) is 2. The van der Waals surface area contributed by atoms with Crippen LogP contribution in [0.25, 0.3) is 21.8 Å². The highest BCUT2D eigenvalue weighted by atomic mass is 16.5. The van der Waals surface area contributed by atoms with Crippen molar-refractivity contribution in [2.75, 3.05) is 26.8 Å². The van der Waals surface area contributed by atoms with Gasteiger partial charge in [-0.3, -0.25) is 9.59 Å². The molecule has 184 valence electrons. The van der Waals surface area contributed by atoms with Gasteiger partial charge >= 0.3 is 0 Å². The van der Waals surface area contributed by atoms with E-state index < -0.39 is 11.7 Å². The predicted octanol–water partition coefficient (Wildman–Crippen LogP) is 2.95. The smallest absolute Gasteiger partial charge is 0.291 e. The maximum Gasteiger partial charge on any atom is 0.291 e. The minimum Gasteiger partial charge on any atom is -0.496 e. The van der Waals surface area contributed by atoms with Gasteiger partial charge in [-0.1, -0.05) is 36.4 Å². The molecule has 1 unspecified atom stereocenters. The van der Waals surface area contributed by atoms with Crippen molar-refractivity contribution in [2.45, 2.75) is 33.1 Å². The highest BCUT2D eigenvalue weighted by Crippen LogP contribution is 2.33. The highest BCUT2D eigenvalue weighted by molar-refractivity contribution is 6.18. The molecular weight excluding hydrogens is 448 g/mol. The van der Waals surface area contributed by atoms with Crippen molar-refractivity contribution >= 4 is 27.7 Å². The van der Waals surface area contributed by atoms with Gasteiger partial charge in [0.15, 0.2) is 5.69 Å². The van der Waals surface area contributed by atoms with Crippen LogP contribution in [-0.4, -0.2) is 63.6 Å².